The van der Waals surface area contributed by atoms with E-state index in [-0.39, 0.29) is 0 Å². The Bertz CT molecular complexity index is 317. The maximum atomic E-state index is 10.8. The molecule has 0 unspecified atom stereocenters. The van der Waals surface area contributed by atoms with E-state index in [1.807, 2.05) is 30.3 Å². The number of hydrogen-bond acceptors (Lipinski definition) is 3. The number of ether oxygens (including phenoxy) is 1. The van der Waals surface area contributed by atoms with E-state index in [2.05, 4.69) is 4.74 Å². The van der Waals surface area contributed by atoms with Gasteiger partial charge in [0.2, 0.25) is 0 Å². The van der Waals surface area contributed by atoms with Gasteiger partial charge in [-0.15, -0.1) is 0 Å². The van der Waals surface area contributed by atoms with Crippen LogP contribution in [0.1, 0.15) is 5.56 Å². The van der Waals surface area contributed by atoms with Crippen molar-refractivity contribution in [3.05, 3.63) is 42.0 Å². The summed E-state index contributed by atoms with van der Waals surface area (Å²) in [6.45, 7) is 0. The molecule has 0 fully saturated rings. The van der Waals surface area contributed by atoms with Crippen LogP contribution in [0.4, 0.5) is 0 Å². The van der Waals surface area contributed by atoms with Crippen LogP contribution < -0.4 is 5.73 Å². The molecule has 0 aliphatic carbocycles. The Morgan fingerprint density at radius 3 is 2.54 bits per heavy atom. The molecule has 68 valence electrons. The molecule has 3 nitrogen and oxygen atoms in total. The lowest BCUT2D eigenvalue weighted by Crippen LogP contribution is -2.02. The van der Waals surface area contributed by atoms with Crippen LogP contribution in [0.5, 0.6) is 0 Å². The molecule has 0 spiro atoms. The average molecular weight is 177 g/mol. The van der Waals surface area contributed by atoms with Gasteiger partial charge in [0.25, 0.3) is 0 Å². The van der Waals surface area contributed by atoms with E-state index >= 15 is 0 Å². The normalized spacial score (nSPS) is 11.0. The SMILES string of the molecule is COC(=O)/C=C(\N)c1ccccc1. The van der Waals surface area contributed by atoms with Gasteiger partial charge in [0, 0.05) is 11.8 Å². The fraction of sp³-hybridized carbons (Fsp3) is 0.100. The molecule has 0 saturated heterocycles. The van der Waals surface area contributed by atoms with Crippen LogP contribution in [0, 0.1) is 0 Å². The Hall–Kier alpha value is -1.77. The van der Waals surface area contributed by atoms with Crippen molar-refractivity contribution in [1.29, 1.82) is 0 Å². The van der Waals surface area contributed by atoms with Gasteiger partial charge in [-0.05, 0) is 5.56 Å². The minimum atomic E-state index is -0.443. The predicted octanol–water partition coefficient (Wildman–Crippen LogP) is 1.16. The Labute approximate surface area is 76.8 Å². The highest BCUT2D eigenvalue weighted by Crippen LogP contribution is 2.07. The molecule has 1 rings (SSSR count). The molecule has 1 aromatic rings. The van der Waals surface area contributed by atoms with Gasteiger partial charge in [-0.25, -0.2) is 4.79 Å². The zero-order valence-corrected chi connectivity index (χ0v) is 7.36. The highest BCUT2D eigenvalue weighted by atomic mass is 16.5. The van der Waals surface area contributed by atoms with E-state index in [1.165, 1.54) is 13.2 Å². The van der Waals surface area contributed by atoms with Crippen molar-refractivity contribution >= 4 is 11.7 Å². The molecule has 0 amide bonds. The number of nitrogens with two attached hydrogens (primary N) is 1. The zero-order chi connectivity index (χ0) is 9.68. The van der Waals surface area contributed by atoms with Crippen molar-refractivity contribution in [2.24, 2.45) is 5.73 Å². The van der Waals surface area contributed by atoms with Crippen molar-refractivity contribution in [2.45, 2.75) is 0 Å². The lowest BCUT2D eigenvalue weighted by molar-refractivity contribution is -0.134. The first-order valence-corrected chi connectivity index (χ1v) is 3.84. The summed E-state index contributed by atoms with van der Waals surface area (Å²) in [6.07, 6.45) is 1.26. The van der Waals surface area contributed by atoms with Gasteiger partial charge < -0.3 is 10.5 Å². The second kappa shape index (κ2) is 4.30. The van der Waals surface area contributed by atoms with Crippen LogP contribution in [0.15, 0.2) is 36.4 Å². The number of benzene rings is 1. The quantitative estimate of drug-likeness (QED) is 0.544. The molecular formula is C10H11NO2. The van der Waals surface area contributed by atoms with Gasteiger partial charge in [0.1, 0.15) is 0 Å². The van der Waals surface area contributed by atoms with Crippen LogP contribution in [-0.4, -0.2) is 13.1 Å². The van der Waals surface area contributed by atoms with Crippen LogP contribution in [0.2, 0.25) is 0 Å². The van der Waals surface area contributed by atoms with Crippen LogP contribution >= 0.6 is 0 Å². The van der Waals surface area contributed by atoms with Gasteiger partial charge in [0.15, 0.2) is 0 Å². The first-order valence-electron chi connectivity index (χ1n) is 3.84. The van der Waals surface area contributed by atoms with Gasteiger partial charge in [0.05, 0.1) is 7.11 Å². The topological polar surface area (TPSA) is 52.3 Å². The molecule has 0 aromatic heterocycles. The van der Waals surface area contributed by atoms with Crippen molar-refractivity contribution in [1.82, 2.24) is 0 Å². The molecule has 0 heterocycles. The van der Waals surface area contributed by atoms with Crippen molar-refractivity contribution in [3.63, 3.8) is 0 Å². The van der Waals surface area contributed by atoms with Gasteiger partial charge in [-0.3, -0.25) is 0 Å². The molecule has 3 heteroatoms. The smallest absolute Gasteiger partial charge is 0.332 e. The molecule has 0 bridgehead atoms. The molecule has 1 aromatic carbocycles. The van der Waals surface area contributed by atoms with E-state index < -0.39 is 5.97 Å². The van der Waals surface area contributed by atoms with Crippen LogP contribution in [-0.2, 0) is 9.53 Å². The summed E-state index contributed by atoms with van der Waals surface area (Å²) in [4.78, 5) is 10.8. The van der Waals surface area contributed by atoms with Crippen LogP contribution in [0.3, 0.4) is 0 Å². The third-order valence-electron chi connectivity index (χ3n) is 1.58. The van der Waals surface area contributed by atoms with E-state index in [0.29, 0.717) is 5.70 Å². The number of esters is 1. The fourth-order valence-electron chi connectivity index (χ4n) is 0.900. The third kappa shape index (κ3) is 2.63. The molecule has 0 aliphatic rings. The lowest BCUT2D eigenvalue weighted by Gasteiger charge is -1.99. The maximum absolute atomic E-state index is 10.8. The summed E-state index contributed by atoms with van der Waals surface area (Å²) in [5.41, 5.74) is 6.85. The molecule has 0 radical (unpaired) electrons. The Kier molecular flexibility index (Phi) is 3.09. The number of methoxy groups -OCH3 is 1. The summed E-state index contributed by atoms with van der Waals surface area (Å²) >= 11 is 0. The van der Waals surface area contributed by atoms with Crippen molar-refractivity contribution in [3.8, 4) is 0 Å². The molecule has 0 aliphatic heterocycles. The molecular weight excluding hydrogens is 166 g/mol. The zero-order valence-electron chi connectivity index (χ0n) is 7.36. The Morgan fingerprint density at radius 1 is 1.38 bits per heavy atom. The van der Waals surface area contributed by atoms with Gasteiger partial charge in [-0.1, -0.05) is 30.3 Å². The third-order valence-corrected chi connectivity index (χ3v) is 1.58. The lowest BCUT2D eigenvalue weighted by atomic mass is 10.1. The minimum absolute atomic E-state index is 0.410. The Balaban J connectivity index is 2.85. The summed E-state index contributed by atoms with van der Waals surface area (Å²) in [7, 11) is 1.32. The van der Waals surface area contributed by atoms with Crippen molar-refractivity contribution < 1.29 is 9.53 Å². The van der Waals surface area contributed by atoms with E-state index in [9.17, 15) is 4.79 Å². The highest BCUT2D eigenvalue weighted by Gasteiger charge is 1.98. The number of carbonyl (C=O) groups excluding carboxylic acids is 1. The number of rotatable bonds is 2. The number of carbonyl (C=O) groups is 1. The molecule has 0 saturated carbocycles. The predicted molar refractivity (Wildman–Crippen MR) is 50.6 cm³/mol. The second-order valence-corrected chi connectivity index (χ2v) is 2.49. The van der Waals surface area contributed by atoms with E-state index in [4.69, 9.17) is 5.73 Å². The molecule has 13 heavy (non-hydrogen) atoms. The van der Waals surface area contributed by atoms with E-state index in [0.717, 1.165) is 5.56 Å². The summed E-state index contributed by atoms with van der Waals surface area (Å²) in [6, 6.07) is 9.25. The van der Waals surface area contributed by atoms with Gasteiger partial charge in [-0.2, -0.15) is 0 Å². The summed E-state index contributed by atoms with van der Waals surface area (Å²) in [5.74, 6) is -0.443. The largest absolute Gasteiger partial charge is 0.466 e. The maximum Gasteiger partial charge on any atom is 0.332 e. The van der Waals surface area contributed by atoms with Crippen molar-refractivity contribution in [2.75, 3.05) is 7.11 Å². The van der Waals surface area contributed by atoms with Crippen LogP contribution in [0.25, 0.3) is 5.70 Å². The Morgan fingerprint density at radius 2 is 2.00 bits per heavy atom. The number of hydrogen-bond donors (Lipinski definition) is 1. The highest BCUT2D eigenvalue weighted by molar-refractivity contribution is 5.90. The summed E-state index contributed by atoms with van der Waals surface area (Å²) in [5, 5.41) is 0. The summed E-state index contributed by atoms with van der Waals surface area (Å²) < 4.78 is 4.45. The molecule has 2 N–H and O–H groups in total. The monoisotopic (exact) mass is 177 g/mol. The minimum Gasteiger partial charge on any atom is -0.466 e. The molecule has 0 atom stereocenters. The van der Waals surface area contributed by atoms with Gasteiger partial charge >= 0.3 is 5.97 Å². The first kappa shape index (κ1) is 9.32. The standard InChI is InChI=1S/C10H11NO2/c1-13-10(12)7-9(11)8-5-3-2-4-6-8/h2-7H,11H2,1H3/b9-7-. The first-order chi connectivity index (χ1) is 6.24. The van der Waals surface area contributed by atoms with E-state index in [1.54, 1.807) is 0 Å². The fourth-order valence-corrected chi connectivity index (χ4v) is 0.900. The average Bonchev–Trinajstić information content (AvgIpc) is 2.19. The second-order valence-electron chi connectivity index (χ2n) is 2.49.